The highest BCUT2D eigenvalue weighted by Crippen LogP contribution is 2.12. The molecule has 0 spiro atoms. The molecule has 0 aliphatic heterocycles. The number of benzene rings is 1. The first kappa shape index (κ1) is 11.4. The van der Waals surface area contributed by atoms with Crippen LogP contribution in [-0.4, -0.2) is 6.04 Å². The van der Waals surface area contributed by atoms with Gasteiger partial charge in [-0.1, -0.05) is 42.5 Å². The third-order valence-corrected chi connectivity index (χ3v) is 3.21. The standard InChI is InChI=1S/C15H21N/c1-2-7-11-15(12-8-3-1)16-13-14-9-5-4-6-10-14/h1-2,4-6,9-10,15-16H,3,7-8,11-13H2/b2-1-. The number of hydrogen-bond donors (Lipinski definition) is 1. The molecule has 1 unspecified atom stereocenters. The fourth-order valence-electron chi connectivity index (χ4n) is 2.22. The van der Waals surface area contributed by atoms with E-state index in [9.17, 15) is 0 Å². The Morgan fingerprint density at radius 2 is 1.81 bits per heavy atom. The summed E-state index contributed by atoms with van der Waals surface area (Å²) in [4.78, 5) is 0. The Hall–Kier alpha value is -1.08. The van der Waals surface area contributed by atoms with Gasteiger partial charge in [0.15, 0.2) is 0 Å². The molecule has 0 aromatic heterocycles. The van der Waals surface area contributed by atoms with Crippen LogP contribution in [0.2, 0.25) is 0 Å². The Morgan fingerprint density at radius 1 is 1.00 bits per heavy atom. The molecule has 0 saturated heterocycles. The normalized spacial score (nSPS) is 23.4. The van der Waals surface area contributed by atoms with Crippen LogP contribution in [0.4, 0.5) is 0 Å². The highest BCUT2D eigenvalue weighted by molar-refractivity contribution is 5.14. The molecule has 86 valence electrons. The maximum Gasteiger partial charge on any atom is 0.0208 e. The van der Waals surface area contributed by atoms with E-state index >= 15 is 0 Å². The molecule has 1 N–H and O–H groups in total. The number of nitrogens with one attached hydrogen (secondary N) is 1. The van der Waals surface area contributed by atoms with Gasteiger partial charge in [-0.25, -0.2) is 0 Å². The summed E-state index contributed by atoms with van der Waals surface area (Å²) in [6, 6.07) is 11.4. The van der Waals surface area contributed by atoms with Gasteiger partial charge >= 0.3 is 0 Å². The predicted octanol–water partition coefficient (Wildman–Crippen LogP) is 3.67. The van der Waals surface area contributed by atoms with Gasteiger partial charge in [-0.2, -0.15) is 0 Å². The van der Waals surface area contributed by atoms with Gasteiger partial charge in [0.1, 0.15) is 0 Å². The second kappa shape index (κ2) is 6.49. The van der Waals surface area contributed by atoms with E-state index in [1.165, 1.54) is 37.7 Å². The second-order valence-corrected chi connectivity index (χ2v) is 4.54. The van der Waals surface area contributed by atoms with Gasteiger partial charge < -0.3 is 5.32 Å². The van der Waals surface area contributed by atoms with Crippen molar-refractivity contribution in [2.75, 3.05) is 0 Å². The highest BCUT2D eigenvalue weighted by Gasteiger charge is 2.08. The third-order valence-electron chi connectivity index (χ3n) is 3.21. The summed E-state index contributed by atoms with van der Waals surface area (Å²) in [5.74, 6) is 0. The number of hydrogen-bond acceptors (Lipinski definition) is 1. The van der Waals surface area contributed by atoms with Gasteiger partial charge in [-0.3, -0.25) is 0 Å². The highest BCUT2D eigenvalue weighted by atomic mass is 14.9. The smallest absolute Gasteiger partial charge is 0.0208 e. The van der Waals surface area contributed by atoms with Crippen LogP contribution in [0.15, 0.2) is 42.5 Å². The first-order valence-corrected chi connectivity index (χ1v) is 6.37. The van der Waals surface area contributed by atoms with E-state index in [2.05, 4.69) is 47.8 Å². The zero-order valence-corrected chi connectivity index (χ0v) is 9.86. The minimum absolute atomic E-state index is 0.699. The summed E-state index contributed by atoms with van der Waals surface area (Å²) in [5, 5.41) is 3.67. The van der Waals surface area contributed by atoms with Crippen molar-refractivity contribution in [1.82, 2.24) is 5.32 Å². The topological polar surface area (TPSA) is 12.0 Å². The monoisotopic (exact) mass is 215 g/mol. The van der Waals surface area contributed by atoms with Crippen LogP contribution in [0.25, 0.3) is 0 Å². The molecule has 0 amide bonds. The van der Waals surface area contributed by atoms with E-state index in [-0.39, 0.29) is 0 Å². The summed E-state index contributed by atoms with van der Waals surface area (Å²) in [6.45, 7) is 1.01. The molecule has 1 aliphatic rings. The molecule has 0 radical (unpaired) electrons. The maximum absolute atomic E-state index is 3.67. The molecule has 1 aromatic rings. The van der Waals surface area contributed by atoms with Crippen LogP contribution in [0, 0.1) is 0 Å². The second-order valence-electron chi connectivity index (χ2n) is 4.54. The van der Waals surface area contributed by atoms with Crippen molar-refractivity contribution in [3.63, 3.8) is 0 Å². The van der Waals surface area contributed by atoms with E-state index in [1.54, 1.807) is 0 Å². The van der Waals surface area contributed by atoms with Crippen LogP contribution in [0.5, 0.6) is 0 Å². The molecular weight excluding hydrogens is 194 g/mol. The van der Waals surface area contributed by atoms with E-state index in [0.29, 0.717) is 6.04 Å². The largest absolute Gasteiger partial charge is 0.310 e. The SMILES string of the molecule is C1=C\CCC(NCc2ccccc2)CCC/1. The molecule has 0 fully saturated rings. The lowest BCUT2D eigenvalue weighted by atomic mass is 10.0. The van der Waals surface area contributed by atoms with Gasteiger partial charge in [0.25, 0.3) is 0 Å². The lowest BCUT2D eigenvalue weighted by Crippen LogP contribution is -2.28. The van der Waals surface area contributed by atoms with Crippen LogP contribution in [0.3, 0.4) is 0 Å². The molecule has 1 aliphatic carbocycles. The molecule has 0 saturated carbocycles. The Balaban J connectivity index is 1.78. The molecule has 1 nitrogen and oxygen atoms in total. The molecule has 1 heteroatoms. The lowest BCUT2D eigenvalue weighted by molar-refractivity contribution is 0.439. The summed E-state index contributed by atoms with van der Waals surface area (Å²) in [5.41, 5.74) is 1.39. The fraction of sp³-hybridized carbons (Fsp3) is 0.467. The van der Waals surface area contributed by atoms with Crippen molar-refractivity contribution >= 4 is 0 Å². The Morgan fingerprint density at radius 3 is 2.69 bits per heavy atom. The minimum Gasteiger partial charge on any atom is -0.310 e. The molecule has 0 bridgehead atoms. The average molecular weight is 215 g/mol. The summed E-state index contributed by atoms with van der Waals surface area (Å²) in [6.07, 6.45) is 11.1. The Kier molecular flexibility index (Phi) is 4.63. The minimum atomic E-state index is 0.699. The van der Waals surface area contributed by atoms with Crippen molar-refractivity contribution in [3.8, 4) is 0 Å². The van der Waals surface area contributed by atoms with Crippen LogP contribution in [-0.2, 0) is 6.54 Å². The summed E-state index contributed by atoms with van der Waals surface area (Å²) < 4.78 is 0. The van der Waals surface area contributed by atoms with Gasteiger partial charge in [0.05, 0.1) is 0 Å². The lowest BCUT2D eigenvalue weighted by Gasteiger charge is -2.19. The molecule has 2 rings (SSSR count). The number of allylic oxidation sites excluding steroid dienone is 2. The maximum atomic E-state index is 3.67. The van der Waals surface area contributed by atoms with E-state index in [0.717, 1.165) is 6.54 Å². The van der Waals surface area contributed by atoms with Crippen molar-refractivity contribution in [2.45, 2.75) is 44.7 Å². The van der Waals surface area contributed by atoms with Crippen molar-refractivity contribution in [1.29, 1.82) is 0 Å². The predicted molar refractivity (Wildman–Crippen MR) is 69.3 cm³/mol. The Bertz CT molecular complexity index is 315. The van der Waals surface area contributed by atoms with Crippen molar-refractivity contribution < 1.29 is 0 Å². The zero-order chi connectivity index (χ0) is 11.1. The van der Waals surface area contributed by atoms with Crippen LogP contribution >= 0.6 is 0 Å². The fourth-order valence-corrected chi connectivity index (χ4v) is 2.22. The van der Waals surface area contributed by atoms with Crippen molar-refractivity contribution in [3.05, 3.63) is 48.0 Å². The third kappa shape index (κ3) is 3.82. The Labute approximate surface area is 98.6 Å². The van der Waals surface area contributed by atoms with Crippen molar-refractivity contribution in [2.24, 2.45) is 0 Å². The zero-order valence-electron chi connectivity index (χ0n) is 9.86. The summed E-state index contributed by atoms with van der Waals surface area (Å²) >= 11 is 0. The van der Waals surface area contributed by atoms with Gasteiger partial charge in [-0.05, 0) is 37.7 Å². The van der Waals surface area contributed by atoms with E-state index in [4.69, 9.17) is 0 Å². The molecule has 16 heavy (non-hydrogen) atoms. The first-order valence-electron chi connectivity index (χ1n) is 6.37. The van der Waals surface area contributed by atoms with Gasteiger partial charge in [0.2, 0.25) is 0 Å². The van der Waals surface area contributed by atoms with Gasteiger partial charge in [-0.15, -0.1) is 0 Å². The van der Waals surface area contributed by atoms with E-state index < -0.39 is 0 Å². The van der Waals surface area contributed by atoms with Crippen LogP contribution < -0.4 is 5.32 Å². The van der Waals surface area contributed by atoms with E-state index in [1.807, 2.05) is 0 Å². The molecule has 1 aromatic carbocycles. The quantitative estimate of drug-likeness (QED) is 0.759. The molecule has 0 heterocycles. The average Bonchev–Trinajstić information content (AvgIpc) is 2.29. The molecule has 1 atom stereocenters. The number of rotatable bonds is 3. The first-order chi connectivity index (χ1) is 7.95. The summed E-state index contributed by atoms with van der Waals surface area (Å²) in [7, 11) is 0. The van der Waals surface area contributed by atoms with Crippen LogP contribution in [0.1, 0.15) is 37.7 Å². The molecular formula is C15H21N. The van der Waals surface area contributed by atoms with Gasteiger partial charge in [0, 0.05) is 12.6 Å².